The van der Waals surface area contributed by atoms with Gasteiger partial charge in [0.15, 0.2) is 0 Å². The van der Waals surface area contributed by atoms with E-state index in [4.69, 9.17) is 4.74 Å². The Kier molecular flexibility index (Phi) is 5.45. The second-order valence-corrected chi connectivity index (χ2v) is 5.47. The van der Waals surface area contributed by atoms with E-state index in [9.17, 15) is 4.79 Å². The molecule has 1 saturated carbocycles. The van der Waals surface area contributed by atoms with Gasteiger partial charge < -0.3 is 15.4 Å². The topological polar surface area (TPSA) is 50.4 Å². The fourth-order valence-corrected chi connectivity index (χ4v) is 2.95. The van der Waals surface area contributed by atoms with Gasteiger partial charge in [-0.1, -0.05) is 12.8 Å². The summed E-state index contributed by atoms with van der Waals surface area (Å²) in [7, 11) is 0. The molecule has 1 aliphatic carbocycles. The van der Waals surface area contributed by atoms with E-state index in [1.54, 1.807) is 0 Å². The van der Waals surface area contributed by atoms with Gasteiger partial charge in [0.2, 0.25) is 5.91 Å². The highest BCUT2D eigenvalue weighted by Crippen LogP contribution is 2.30. The first-order chi connectivity index (χ1) is 8.81. The van der Waals surface area contributed by atoms with Crippen LogP contribution in [0.15, 0.2) is 0 Å². The Labute approximate surface area is 110 Å². The van der Waals surface area contributed by atoms with E-state index < -0.39 is 0 Å². The largest absolute Gasteiger partial charge is 0.378 e. The predicted octanol–water partition coefficient (Wildman–Crippen LogP) is 1.31. The minimum atomic E-state index is 0.196. The summed E-state index contributed by atoms with van der Waals surface area (Å²) in [4.78, 5) is 11.7. The fourth-order valence-electron chi connectivity index (χ4n) is 2.95. The Bertz CT molecular complexity index is 261. The highest BCUT2D eigenvalue weighted by Gasteiger charge is 2.27. The summed E-state index contributed by atoms with van der Waals surface area (Å²) in [5.74, 6) is 1.12. The van der Waals surface area contributed by atoms with Crippen LogP contribution in [0.4, 0.5) is 0 Å². The van der Waals surface area contributed by atoms with Crippen molar-refractivity contribution in [2.45, 2.75) is 45.1 Å². The molecule has 1 unspecified atom stereocenters. The third-order valence-electron chi connectivity index (χ3n) is 4.19. The molecule has 4 heteroatoms. The lowest BCUT2D eigenvalue weighted by atomic mass is 9.97. The minimum absolute atomic E-state index is 0.196. The lowest BCUT2D eigenvalue weighted by Crippen LogP contribution is -2.51. The number of amides is 1. The minimum Gasteiger partial charge on any atom is -0.378 e. The Morgan fingerprint density at radius 3 is 2.67 bits per heavy atom. The lowest BCUT2D eigenvalue weighted by Gasteiger charge is -2.27. The third kappa shape index (κ3) is 3.69. The molecule has 0 aromatic heterocycles. The monoisotopic (exact) mass is 254 g/mol. The van der Waals surface area contributed by atoms with E-state index in [1.807, 2.05) is 0 Å². The molecule has 1 atom stereocenters. The van der Waals surface area contributed by atoms with Crippen molar-refractivity contribution < 1.29 is 9.53 Å². The van der Waals surface area contributed by atoms with Crippen LogP contribution in [0, 0.1) is 11.8 Å². The molecule has 0 aromatic carbocycles. The maximum Gasteiger partial charge on any atom is 0.225 e. The van der Waals surface area contributed by atoms with Crippen LogP contribution in [0.25, 0.3) is 0 Å². The fraction of sp³-hybridized carbons (Fsp3) is 0.929. The maximum absolute atomic E-state index is 11.7. The van der Waals surface area contributed by atoms with Crippen molar-refractivity contribution in [1.29, 1.82) is 0 Å². The Hall–Kier alpha value is -0.610. The SMILES string of the molecule is CCOC(CCNC(=O)C1CNC1)C1CCCC1. The van der Waals surface area contributed by atoms with E-state index in [0.717, 1.165) is 32.7 Å². The molecule has 104 valence electrons. The van der Waals surface area contributed by atoms with Crippen molar-refractivity contribution in [1.82, 2.24) is 10.6 Å². The Balaban J connectivity index is 1.66. The normalized spacial score (nSPS) is 22.7. The van der Waals surface area contributed by atoms with Gasteiger partial charge in [-0.2, -0.15) is 0 Å². The highest BCUT2D eigenvalue weighted by molar-refractivity contribution is 5.79. The van der Waals surface area contributed by atoms with Gasteiger partial charge in [0.1, 0.15) is 0 Å². The van der Waals surface area contributed by atoms with Crippen molar-refractivity contribution in [2.24, 2.45) is 11.8 Å². The van der Waals surface area contributed by atoms with Gasteiger partial charge in [0.05, 0.1) is 12.0 Å². The maximum atomic E-state index is 11.7. The first kappa shape index (κ1) is 13.8. The number of ether oxygens (including phenoxy) is 1. The zero-order valence-electron chi connectivity index (χ0n) is 11.4. The molecule has 2 aliphatic rings. The summed E-state index contributed by atoms with van der Waals surface area (Å²) in [6.45, 7) is 5.27. The molecule has 0 radical (unpaired) electrons. The molecule has 1 amide bonds. The van der Waals surface area contributed by atoms with Crippen molar-refractivity contribution in [3.8, 4) is 0 Å². The molecule has 0 aromatic rings. The summed E-state index contributed by atoms with van der Waals surface area (Å²) < 4.78 is 5.84. The van der Waals surface area contributed by atoms with Crippen LogP contribution in [-0.2, 0) is 9.53 Å². The van der Waals surface area contributed by atoms with Gasteiger partial charge in [0, 0.05) is 26.2 Å². The second-order valence-electron chi connectivity index (χ2n) is 5.47. The van der Waals surface area contributed by atoms with Crippen LogP contribution in [0.3, 0.4) is 0 Å². The second kappa shape index (κ2) is 7.10. The van der Waals surface area contributed by atoms with Crippen LogP contribution >= 0.6 is 0 Å². The van der Waals surface area contributed by atoms with E-state index in [0.29, 0.717) is 12.0 Å². The lowest BCUT2D eigenvalue weighted by molar-refractivity contribution is -0.126. The van der Waals surface area contributed by atoms with Gasteiger partial charge in [0.25, 0.3) is 0 Å². The molecule has 1 heterocycles. The molecule has 2 N–H and O–H groups in total. The Morgan fingerprint density at radius 2 is 2.11 bits per heavy atom. The summed E-state index contributed by atoms with van der Waals surface area (Å²) >= 11 is 0. The van der Waals surface area contributed by atoms with Crippen LogP contribution in [0.5, 0.6) is 0 Å². The van der Waals surface area contributed by atoms with Gasteiger partial charge >= 0.3 is 0 Å². The molecule has 1 saturated heterocycles. The first-order valence-corrected chi connectivity index (χ1v) is 7.41. The zero-order chi connectivity index (χ0) is 12.8. The molecule has 0 bridgehead atoms. The van der Waals surface area contributed by atoms with Crippen LogP contribution in [-0.4, -0.2) is 38.3 Å². The number of hydrogen-bond donors (Lipinski definition) is 2. The molecular weight excluding hydrogens is 228 g/mol. The van der Waals surface area contributed by atoms with Crippen molar-refractivity contribution >= 4 is 5.91 Å². The van der Waals surface area contributed by atoms with Gasteiger partial charge in [-0.05, 0) is 32.1 Å². The van der Waals surface area contributed by atoms with Crippen LogP contribution in [0.2, 0.25) is 0 Å². The van der Waals surface area contributed by atoms with Gasteiger partial charge in [-0.15, -0.1) is 0 Å². The summed E-state index contributed by atoms with van der Waals surface area (Å²) in [6, 6.07) is 0. The molecule has 2 fully saturated rings. The average molecular weight is 254 g/mol. The van der Waals surface area contributed by atoms with E-state index in [1.165, 1.54) is 25.7 Å². The van der Waals surface area contributed by atoms with Crippen LogP contribution in [0.1, 0.15) is 39.0 Å². The molecule has 0 spiro atoms. The Morgan fingerprint density at radius 1 is 1.39 bits per heavy atom. The number of hydrogen-bond acceptors (Lipinski definition) is 3. The predicted molar refractivity (Wildman–Crippen MR) is 71.4 cm³/mol. The molecule has 2 rings (SSSR count). The standard InChI is InChI=1S/C14H26N2O2/c1-2-18-13(11-5-3-4-6-11)7-8-16-14(17)12-9-15-10-12/h11-13,15H,2-10H2,1H3,(H,16,17). The molecular formula is C14H26N2O2. The quantitative estimate of drug-likeness (QED) is 0.720. The third-order valence-corrected chi connectivity index (χ3v) is 4.19. The van der Waals surface area contributed by atoms with E-state index >= 15 is 0 Å². The summed E-state index contributed by atoms with van der Waals surface area (Å²) in [5.41, 5.74) is 0. The van der Waals surface area contributed by atoms with Gasteiger partial charge in [-0.3, -0.25) is 4.79 Å². The number of carbonyl (C=O) groups is 1. The van der Waals surface area contributed by atoms with E-state index in [-0.39, 0.29) is 11.8 Å². The van der Waals surface area contributed by atoms with Gasteiger partial charge in [-0.25, -0.2) is 0 Å². The number of nitrogens with one attached hydrogen (secondary N) is 2. The number of carbonyl (C=O) groups excluding carboxylic acids is 1. The summed E-state index contributed by atoms with van der Waals surface area (Å²) in [5, 5.41) is 6.16. The molecule has 4 nitrogen and oxygen atoms in total. The average Bonchev–Trinajstić information content (AvgIpc) is 2.78. The summed E-state index contributed by atoms with van der Waals surface area (Å²) in [6.07, 6.45) is 6.58. The molecule has 18 heavy (non-hydrogen) atoms. The van der Waals surface area contributed by atoms with Crippen molar-refractivity contribution in [3.05, 3.63) is 0 Å². The molecule has 1 aliphatic heterocycles. The first-order valence-electron chi connectivity index (χ1n) is 7.41. The zero-order valence-corrected chi connectivity index (χ0v) is 11.4. The smallest absolute Gasteiger partial charge is 0.225 e. The number of rotatable bonds is 7. The highest BCUT2D eigenvalue weighted by atomic mass is 16.5. The van der Waals surface area contributed by atoms with Crippen molar-refractivity contribution in [3.63, 3.8) is 0 Å². The van der Waals surface area contributed by atoms with Crippen molar-refractivity contribution in [2.75, 3.05) is 26.2 Å². The van der Waals surface area contributed by atoms with E-state index in [2.05, 4.69) is 17.6 Å². The van der Waals surface area contributed by atoms with Crippen LogP contribution < -0.4 is 10.6 Å².